The molecule has 0 spiro atoms. The zero-order chi connectivity index (χ0) is 17.1. The maximum atomic E-state index is 12.2. The molecule has 0 N–H and O–H groups in total. The second kappa shape index (κ2) is 6.88. The van der Waals surface area contributed by atoms with Gasteiger partial charge in [0.1, 0.15) is 0 Å². The van der Waals surface area contributed by atoms with Crippen molar-refractivity contribution in [2.45, 2.75) is 11.8 Å². The number of hydrogen-bond acceptors (Lipinski definition) is 5. The molecular weight excluding hydrogens is 326 g/mol. The maximum absolute atomic E-state index is 12.2. The molecule has 3 rings (SSSR count). The lowest BCUT2D eigenvalue weighted by molar-refractivity contribution is -0.172. The average Bonchev–Trinajstić information content (AvgIpc) is 2.86. The Balaban J connectivity index is 1.61. The van der Waals surface area contributed by atoms with E-state index in [9.17, 15) is 14.4 Å². The molecular formula is C18H15NO4S. The first kappa shape index (κ1) is 16.3. The lowest BCUT2D eigenvalue weighted by Crippen LogP contribution is -2.35. The summed E-state index contributed by atoms with van der Waals surface area (Å²) in [6.07, 6.45) is 0. The highest BCUT2D eigenvalue weighted by Crippen LogP contribution is 2.25. The summed E-state index contributed by atoms with van der Waals surface area (Å²) in [4.78, 5) is 42.6. The number of benzene rings is 2. The third-order valence-electron chi connectivity index (χ3n) is 3.58. The standard InChI is InChI=1S/C18H15NO4S/c1-12(11-24-13-7-3-2-4-8-13)18(22)23-19-16(20)14-9-5-6-10-15(14)17(19)21/h2-10,12H,11H2,1H3. The molecule has 2 aromatic carbocycles. The fourth-order valence-corrected chi connectivity index (χ4v) is 3.16. The summed E-state index contributed by atoms with van der Waals surface area (Å²) in [5, 5.41) is 0.552. The highest BCUT2D eigenvalue weighted by molar-refractivity contribution is 7.99. The van der Waals surface area contributed by atoms with Crippen LogP contribution in [0, 0.1) is 5.92 Å². The van der Waals surface area contributed by atoms with Crippen LogP contribution < -0.4 is 0 Å². The molecule has 0 bridgehead atoms. The number of nitrogens with zero attached hydrogens (tertiary/aromatic N) is 1. The van der Waals surface area contributed by atoms with Gasteiger partial charge in [0.05, 0.1) is 17.0 Å². The number of carbonyl (C=O) groups is 3. The van der Waals surface area contributed by atoms with Crippen LogP contribution in [0.5, 0.6) is 0 Å². The molecule has 0 saturated carbocycles. The van der Waals surface area contributed by atoms with Crippen LogP contribution in [-0.4, -0.2) is 28.6 Å². The molecule has 0 aromatic heterocycles. The van der Waals surface area contributed by atoms with Gasteiger partial charge in [-0.25, -0.2) is 4.79 Å². The van der Waals surface area contributed by atoms with E-state index in [-0.39, 0.29) is 11.1 Å². The summed E-state index contributed by atoms with van der Waals surface area (Å²) in [7, 11) is 0. The molecule has 0 saturated heterocycles. The van der Waals surface area contributed by atoms with Crippen molar-refractivity contribution in [2.75, 3.05) is 5.75 Å². The van der Waals surface area contributed by atoms with Crippen molar-refractivity contribution in [1.82, 2.24) is 5.06 Å². The van der Waals surface area contributed by atoms with E-state index in [1.54, 1.807) is 19.1 Å². The van der Waals surface area contributed by atoms with Crippen LogP contribution in [0.2, 0.25) is 0 Å². The van der Waals surface area contributed by atoms with Crippen LogP contribution in [0.25, 0.3) is 0 Å². The molecule has 1 unspecified atom stereocenters. The summed E-state index contributed by atoms with van der Waals surface area (Å²) in [5.74, 6) is -1.78. The van der Waals surface area contributed by atoms with Crippen LogP contribution in [0.15, 0.2) is 59.5 Å². The Morgan fingerprint density at radius 1 is 1.00 bits per heavy atom. The van der Waals surface area contributed by atoms with Crippen LogP contribution >= 0.6 is 11.8 Å². The van der Waals surface area contributed by atoms with Gasteiger partial charge in [0, 0.05) is 10.6 Å². The number of rotatable bonds is 5. The molecule has 1 atom stereocenters. The van der Waals surface area contributed by atoms with Gasteiger partial charge in [-0.05, 0) is 24.3 Å². The third kappa shape index (κ3) is 3.19. The Bertz CT molecular complexity index is 756. The minimum atomic E-state index is -0.605. The number of amides is 2. The van der Waals surface area contributed by atoms with E-state index in [0.717, 1.165) is 4.90 Å². The molecule has 24 heavy (non-hydrogen) atoms. The molecule has 2 aromatic rings. The first-order valence-electron chi connectivity index (χ1n) is 7.45. The second-order valence-electron chi connectivity index (χ2n) is 5.39. The lowest BCUT2D eigenvalue weighted by Gasteiger charge is -2.16. The number of fused-ring (bicyclic) bond motifs is 1. The number of hydroxylamine groups is 2. The second-order valence-corrected chi connectivity index (χ2v) is 6.48. The smallest absolute Gasteiger partial charge is 0.329 e. The number of imide groups is 1. The van der Waals surface area contributed by atoms with Gasteiger partial charge in [-0.2, -0.15) is 0 Å². The van der Waals surface area contributed by atoms with Crippen molar-refractivity contribution >= 4 is 29.5 Å². The Labute approximate surface area is 143 Å². The molecule has 2 amide bonds. The van der Waals surface area contributed by atoms with Crippen LogP contribution in [0.4, 0.5) is 0 Å². The molecule has 5 nitrogen and oxygen atoms in total. The summed E-state index contributed by atoms with van der Waals surface area (Å²) >= 11 is 1.51. The van der Waals surface area contributed by atoms with Crippen molar-refractivity contribution in [3.05, 3.63) is 65.7 Å². The molecule has 0 radical (unpaired) electrons. The highest BCUT2D eigenvalue weighted by Gasteiger charge is 2.39. The van der Waals surface area contributed by atoms with Gasteiger partial charge in [-0.3, -0.25) is 9.59 Å². The van der Waals surface area contributed by atoms with E-state index < -0.39 is 23.7 Å². The van der Waals surface area contributed by atoms with Gasteiger partial charge in [-0.15, -0.1) is 11.8 Å². The zero-order valence-corrected chi connectivity index (χ0v) is 13.8. The van der Waals surface area contributed by atoms with Crippen LogP contribution in [0.3, 0.4) is 0 Å². The summed E-state index contributed by atoms with van der Waals surface area (Å²) < 4.78 is 0. The van der Waals surface area contributed by atoms with Gasteiger partial charge in [0.2, 0.25) is 0 Å². The fraction of sp³-hybridized carbons (Fsp3) is 0.167. The minimum Gasteiger partial charge on any atom is -0.329 e. The maximum Gasteiger partial charge on any atom is 0.336 e. The monoisotopic (exact) mass is 341 g/mol. The molecule has 6 heteroatoms. The molecule has 0 aliphatic carbocycles. The summed E-state index contributed by atoms with van der Waals surface area (Å²) in [6, 6.07) is 16.1. The average molecular weight is 341 g/mol. The minimum absolute atomic E-state index is 0.251. The Hall–Kier alpha value is -2.60. The highest BCUT2D eigenvalue weighted by atomic mass is 32.2. The van der Waals surface area contributed by atoms with E-state index in [4.69, 9.17) is 4.84 Å². The number of carbonyl (C=O) groups excluding carboxylic acids is 3. The predicted molar refractivity (Wildman–Crippen MR) is 89.4 cm³/mol. The van der Waals surface area contributed by atoms with Gasteiger partial charge in [0.15, 0.2) is 0 Å². The Kier molecular flexibility index (Phi) is 4.66. The van der Waals surface area contributed by atoms with Crippen molar-refractivity contribution in [3.63, 3.8) is 0 Å². The van der Waals surface area contributed by atoms with E-state index >= 15 is 0 Å². The first-order chi connectivity index (χ1) is 11.6. The number of thioether (sulfide) groups is 1. The predicted octanol–water partition coefficient (Wildman–Crippen LogP) is 3.17. The summed E-state index contributed by atoms with van der Waals surface area (Å²) in [5.41, 5.74) is 0.503. The van der Waals surface area contributed by atoms with Crippen molar-refractivity contribution < 1.29 is 19.2 Å². The van der Waals surface area contributed by atoms with Crippen molar-refractivity contribution in [2.24, 2.45) is 5.92 Å². The van der Waals surface area contributed by atoms with Crippen LogP contribution in [0.1, 0.15) is 27.6 Å². The van der Waals surface area contributed by atoms with E-state index in [2.05, 4.69) is 0 Å². The van der Waals surface area contributed by atoms with Crippen molar-refractivity contribution in [3.8, 4) is 0 Å². The lowest BCUT2D eigenvalue weighted by atomic mass is 10.1. The summed E-state index contributed by atoms with van der Waals surface area (Å²) in [6.45, 7) is 1.70. The van der Waals surface area contributed by atoms with Crippen LogP contribution in [-0.2, 0) is 9.63 Å². The van der Waals surface area contributed by atoms with E-state index in [1.807, 2.05) is 30.3 Å². The molecule has 1 aliphatic rings. The van der Waals surface area contributed by atoms with E-state index in [1.165, 1.54) is 23.9 Å². The molecule has 1 heterocycles. The van der Waals surface area contributed by atoms with Crippen molar-refractivity contribution in [1.29, 1.82) is 0 Å². The normalized spacial score (nSPS) is 14.5. The topological polar surface area (TPSA) is 63.7 Å². The Morgan fingerprint density at radius 3 is 2.12 bits per heavy atom. The van der Waals surface area contributed by atoms with E-state index in [0.29, 0.717) is 10.8 Å². The molecule has 0 fully saturated rings. The fourth-order valence-electron chi connectivity index (χ4n) is 2.24. The van der Waals surface area contributed by atoms with Gasteiger partial charge in [-0.1, -0.05) is 42.3 Å². The Morgan fingerprint density at radius 2 is 1.54 bits per heavy atom. The third-order valence-corrected chi connectivity index (χ3v) is 4.86. The quantitative estimate of drug-likeness (QED) is 0.617. The molecule has 122 valence electrons. The van der Waals surface area contributed by atoms with Gasteiger partial charge in [0.25, 0.3) is 11.8 Å². The number of hydrogen-bond donors (Lipinski definition) is 0. The largest absolute Gasteiger partial charge is 0.336 e. The molecule has 1 aliphatic heterocycles. The zero-order valence-electron chi connectivity index (χ0n) is 13.0. The first-order valence-corrected chi connectivity index (χ1v) is 8.44. The SMILES string of the molecule is CC(CSc1ccccc1)C(=O)ON1C(=O)c2ccccc2C1=O. The van der Waals surface area contributed by atoms with Gasteiger partial charge < -0.3 is 4.84 Å². The van der Waals surface area contributed by atoms with Gasteiger partial charge >= 0.3 is 5.97 Å².